The van der Waals surface area contributed by atoms with E-state index in [0.29, 0.717) is 22.7 Å². The maximum atomic E-state index is 12.7. The number of anilines is 1. The minimum atomic E-state index is -0.443. The lowest BCUT2D eigenvalue weighted by atomic mass is 9.81. The first-order chi connectivity index (χ1) is 15.1. The summed E-state index contributed by atoms with van der Waals surface area (Å²) in [5.41, 5.74) is 0.839. The second-order valence-corrected chi connectivity index (χ2v) is 10.3. The molecule has 0 bridgehead atoms. The van der Waals surface area contributed by atoms with Crippen LogP contribution in [0, 0.1) is 0 Å². The molecule has 0 unspecified atom stereocenters. The first-order valence-electron chi connectivity index (χ1n) is 10.5. The smallest absolute Gasteiger partial charge is 0.341 e. The minimum absolute atomic E-state index is 0.158. The van der Waals surface area contributed by atoms with E-state index in [0.717, 1.165) is 21.2 Å². The van der Waals surface area contributed by atoms with Crippen molar-refractivity contribution in [2.45, 2.75) is 45.2 Å². The Morgan fingerprint density at radius 1 is 1.09 bits per heavy atom. The van der Waals surface area contributed by atoms with Gasteiger partial charge in [0.05, 0.1) is 12.7 Å². The molecule has 1 aliphatic rings. The molecule has 6 nitrogen and oxygen atoms in total. The minimum Gasteiger partial charge on any atom is -0.484 e. The molecule has 2 heterocycles. The molecular formula is C25H28N2O4S. The first-order valence-corrected chi connectivity index (χ1v) is 11.4. The van der Waals surface area contributed by atoms with Crippen molar-refractivity contribution in [1.29, 1.82) is 0 Å². The van der Waals surface area contributed by atoms with Gasteiger partial charge in [0.25, 0.3) is 5.91 Å². The van der Waals surface area contributed by atoms with Crippen LogP contribution in [0.15, 0.2) is 42.5 Å². The fourth-order valence-corrected chi connectivity index (χ4v) is 5.78. The molecule has 2 N–H and O–H groups in total. The van der Waals surface area contributed by atoms with Gasteiger partial charge in [-0.2, -0.15) is 0 Å². The van der Waals surface area contributed by atoms with Gasteiger partial charge in [-0.15, -0.1) is 11.3 Å². The number of thiophene rings is 1. The molecule has 7 heteroatoms. The van der Waals surface area contributed by atoms with Crippen molar-refractivity contribution >= 4 is 39.0 Å². The van der Waals surface area contributed by atoms with Gasteiger partial charge in [-0.05, 0) is 62.6 Å². The lowest BCUT2D eigenvalue weighted by Crippen LogP contribution is -2.55. The van der Waals surface area contributed by atoms with Gasteiger partial charge in [-0.3, -0.25) is 4.79 Å². The molecule has 0 spiro atoms. The summed E-state index contributed by atoms with van der Waals surface area (Å²) in [5, 5.41) is 9.15. The molecule has 32 heavy (non-hydrogen) atoms. The third-order valence-corrected chi connectivity index (χ3v) is 7.05. The Kier molecular flexibility index (Phi) is 5.73. The highest BCUT2D eigenvalue weighted by molar-refractivity contribution is 7.17. The Balaban J connectivity index is 1.56. The highest BCUT2D eigenvalue weighted by Crippen LogP contribution is 2.45. The maximum absolute atomic E-state index is 12.7. The van der Waals surface area contributed by atoms with Gasteiger partial charge in [0.15, 0.2) is 6.61 Å². The zero-order valence-corrected chi connectivity index (χ0v) is 19.8. The van der Waals surface area contributed by atoms with Crippen molar-refractivity contribution in [2.75, 3.05) is 19.0 Å². The molecule has 0 radical (unpaired) electrons. The molecule has 1 amide bonds. The number of nitrogens with one attached hydrogen (secondary N) is 2. The van der Waals surface area contributed by atoms with E-state index in [1.807, 2.05) is 42.5 Å². The molecule has 0 saturated carbocycles. The van der Waals surface area contributed by atoms with Crippen LogP contribution in [0.1, 0.15) is 48.5 Å². The molecular weight excluding hydrogens is 424 g/mol. The Bertz CT molecular complexity index is 1200. The van der Waals surface area contributed by atoms with E-state index < -0.39 is 5.97 Å². The summed E-state index contributed by atoms with van der Waals surface area (Å²) in [6, 6.07) is 13.7. The van der Waals surface area contributed by atoms with E-state index >= 15 is 0 Å². The number of benzene rings is 2. The fraction of sp³-hybridized carbons (Fsp3) is 0.360. The van der Waals surface area contributed by atoms with Crippen molar-refractivity contribution in [3.05, 3.63) is 58.5 Å². The molecule has 0 atom stereocenters. The number of methoxy groups -OCH3 is 1. The van der Waals surface area contributed by atoms with Crippen LogP contribution in [0.3, 0.4) is 0 Å². The Hall–Kier alpha value is -2.90. The predicted molar refractivity (Wildman–Crippen MR) is 128 cm³/mol. The topological polar surface area (TPSA) is 76.7 Å². The van der Waals surface area contributed by atoms with E-state index in [-0.39, 0.29) is 23.6 Å². The molecule has 168 valence electrons. The van der Waals surface area contributed by atoms with Crippen LogP contribution in [0.25, 0.3) is 10.8 Å². The SMILES string of the molecule is COC(=O)c1c(NC(=O)COc2ccc3ccccc3c2)sc2c1CC(C)(C)NC2(C)C. The molecule has 2 aromatic carbocycles. The zero-order chi connectivity index (χ0) is 23.1. The number of esters is 1. The Morgan fingerprint density at radius 2 is 1.81 bits per heavy atom. The number of hydrogen-bond donors (Lipinski definition) is 2. The molecule has 0 fully saturated rings. The van der Waals surface area contributed by atoms with Gasteiger partial charge in [-0.25, -0.2) is 4.79 Å². The predicted octanol–water partition coefficient (Wildman–Crippen LogP) is 4.86. The summed E-state index contributed by atoms with van der Waals surface area (Å²) in [5.74, 6) is -0.154. The van der Waals surface area contributed by atoms with Crippen molar-refractivity contribution < 1.29 is 19.1 Å². The maximum Gasteiger partial charge on any atom is 0.341 e. The van der Waals surface area contributed by atoms with Crippen LogP contribution in [0.4, 0.5) is 5.00 Å². The van der Waals surface area contributed by atoms with Crippen LogP contribution in [-0.2, 0) is 21.5 Å². The quantitative estimate of drug-likeness (QED) is 0.541. The number of carbonyl (C=O) groups excluding carboxylic acids is 2. The largest absolute Gasteiger partial charge is 0.484 e. The lowest BCUT2D eigenvalue weighted by Gasteiger charge is -2.42. The highest BCUT2D eigenvalue weighted by atomic mass is 32.1. The van der Waals surface area contributed by atoms with Gasteiger partial charge >= 0.3 is 5.97 Å². The Morgan fingerprint density at radius 3 is 2.53 bits per heavy atom. The first kappa shape index (κ1) is 22.3. The summed E-state index contributed by atoms with van der Waals surface area (Å²) < 4.78 is 10.8. The Labute approximate surface area is 191 Å². The van der Waals surface area contributed by atoms with Gasteiger partial charge in [0.2, 0.25) is 0 Å². The van der Waals surface area contributed by atoms with Crippen LogP contribution < -0.4 is 15.4 Å². The van der Waals surface area contributed by atoms with Crippen LogP contribution in [0.5, 0.6) is 5.75 Å². The number of fused-ring (bicyclic) bond motifs is 2. The van der Waals surface area contributed by atoms with E-state index in [2.05, 4.69) is 38.3 Å². The monoisotopic (exact) mass is 452 g/mol. The molecule has 1 aliphatic heterocycles. The van der Waals surface area contributed by atoms with Gasteiger partial charge in [0, 0.05) is 16.0 Å². The second-order valence-electron chi connectivity index (χ2n) is 9.26. The van der Waals surface area contributed by atoms with Crippen molar-refractivity contribution in [3.8, 4) is 5.75 Å². The van der Waals surface area contributed by atoms with E-state index in [9.17, 15) is 9.59 Å². The van der Waals surface area contributed by atoms with E-state index in [1.165, 1.54) is 18.4 Å². The van der Waals surface area contributed by atoms with Gasteiger partial charge in [0.1, 0.15) is 10.8 Å². The number of hydrogen-bond acceptors (Lipinski definition) is 6. The molecule has 0 aliphatic carbocycles. The summed E-state index contributed by atoms with van der Waals surface area (Å²) in [6.07, 6.45) is 0.663. The van der Waals surface area contributed by atoms with E-state index in [1.54, 1.807) is 0 Å². The third-order valence-electron chi connectivity index (χ3n) is 5.58. The van der Waals surface area contributed by atoms with Crippen molar-refractivity contribution in [1.82, 2.24) is 5.32 Å². The zero-order valence-electron chi connectivity index (χ0n) is 19.0. The normalized spacial score (nSPS) is 16.3. The molecule has 3 aromatic rings. The van der Waals surface area contributed by atoms with Crippen LogP contribution in [-0.4, -0.2) is 31.1 Å². The van der Waals surface area contributed by atoms with Gasteiger partial charge < -0.3 is 20.1 Å². The average Bonchev–Trinajstić information content (AvgIpc) is 3.08. The summed E-state index contributed by atoms with van der Waals surface area (Å²) in [6.45, 7) is 8.21. The number of carbonyl (C=O) groups is 2. The van der Waals surface area contributed by atoms with Crippen molar-refractivity contribution in [2.24, 2.45) is 0 Å². The highest BCUT2D eigenvalue weighted by Gasteiger charge is 2.42. The summed E-state index contributed by atoms with van der Waals surface area (Å²) in [7, 11) is 1.36. The second kappa shape index (κ2) is 8.22. The van der Waals surface area contributed by atoms with Crippen LogP contribution in [0.2, 0.25) is 0 Å². The number of ether oxygens (including phenoxy) is 2. The lowest BCUT2D eigenvalue weighted by molar-refractivity contribution is -0.118. The number of amides is 1. The summed E-state index contributed by atoms with van der Waals surface area (Å²) >= 11 is 1.41. The molecule has 1 aromatic heterocycles. The van der Waals surface area contributed by atoms with E-state index in [4.69, 9.17) is 9.47 Å². The van der Waals surface area contributed by atoms with Crippen molar-refractivity contribution in [3.63, 3.8) is 0 Å². The fourth-order valence-electron chi connectivity index (χ4n) is 4.50. The standard InChI is InChI=1S/C25H28N2O4S/c1-24(2)13-18-20(23(29)30-5)22(32-21(18)25(3,4)27-24)26-19(28)14-31-17-11-10-15-8-6-7-9-16(15)12-17/h6-12,27H,13-14H2,1-5H3,(H,26,28). The third kappa shape index (κ3) is 4.36. The van der Waals surface area contributed by atoms with Crippen LogP contribution >= 0.6 is 11.3 Å². The van der Waals surface area contributed by atoms with Gasteiger partial charge in [-0.1, -0.05) is 30.3 Å². The number of rotatable bonds is 5. The summed E-state index contributed by atoms with van der Waals surface area (Å²) in [4.78, 5) is 26.4. The molecule has 0 saturated heterocycles. The molecule has 4 rings (SSSR count). The average molecular weight is 453 g/mol.